The number of likely N-dealkylation sites (tertiary alicyclic amines) is 1. The summed E-state index contributed by atoms with van der Waals surface area (Å²) in [6, 6.07) is 17.1. The minimum atomic E-state index is -5.05. The first-order chi connectivity index (χ1) is 22.9. The number of rotatable bonds is 10. The number of carbonyl (C=O) groups excluding carboxylic acids is 1. The van der Waals surface area contributed by atoms with E-state index >= 15 is 0 Å². The smallest absolute Gasteiger partial charge is 0.403 e. The maximum absolute atomic E-state index is 13.9. The number of alkyl halides is 3. The van der Waals surface area contributed by atoms with Crippen molar-refractivity contribution in [2.45, 2.75) is 36.7 Å². The maximum atomic E-state index is 13.9. The van der Waals surface area contributed by atoms with Crippen LogP contribution in [0.1, 0.15) is 34.5 Å². The molecule has 12 nitrogen and oxygen atoms in total. The fraction of sp³-hybridized carbons (Fsp3) is 0.281. The molecule has 0 saturated carbocycles. The molecular weight excluding hydrogens is 651 g/mol. The highest BCUT2D eigenvalue weighted by Crippen LogP contribution is 2.26. The second-order valence-corrected chi connectivity index (χ2v) is 13.4. The van der Waals surface area contributed by atoms with Gasteiger partial charge in [0.1, 0.15) is 11.3 Å². The summed E-state index contributed by atoms with van der Waals surface area (Å²) in [7, 11) is -2.93. The topological polar surface area (TPSA) is 152 Å². The van der Waals surface area contributed by atoms with Gasteiger partial charge in [0, 0.05) is 41.1 Å². The van der Waals surface area contributed by atoms with E-state index in [1.165, 1.54) is 24.4 Å². The summed E-state index contributed by atoms with van der Waals surface area (Å²) in [5.41, 5.74) is 0.135. The Morgan fingerprint density at radius 3 is 2.50 bits per heavy atom. The number of carbonyl (C=O) groups is 1. The number of halogens is 3. The Kier molecular flexibility index (Phi) is 9.03. The van der Waals surface area contributed by atoms with Gasteiger partial charge in [-0.2, -0.15) is 18.2 Å². The number of hydrogen-bond acceptors (Lipinski definition) is 11. The van der Waals surface area contributed by atoms with E-state index in [0.29, 0.717) is 18.1 Å². The van der Waals surface area contributed by atoms with Crippen molar-refractivity contribution in [2.24, 2.45) is 0 Å². The molecule has 1 unspecified atom stereocenters. The average molecular weight is 682 g/mol. The molecule has 250 valence electrons. The second kappa shape index (κ2) is 13.2. The van der Waals surface area contributed by atoms with E-state index < -0.39 is 50.4 Å². The molecule has 1 fully saturated rings. The molecule has 4 heterocycles. The SMILES string of the molecule is CN1CCCC(Nc2ccc(Nc3ncc4cc(C(=O)c5ccccc5)c(=O)n(Cc5ncoc5S(=O)(=O)CC(F)(F)F)c4n3)cc2)C1. The van der Waals surface area contributed by atoms with Crippen LogP contribution in [0.3, 0.4) is 0 Å². The van der Waals surface area contributed by atoms with Gasteiger partial charge in [0.05, 0.1) is 12.1 Å². The number of fused-ring (bicyclic) bond motifs is 1. The molecule has 16 heteroatoms. The van der Waals surface area contributed by atoms with Crippen LogP contribution in [0.25, 0.3) is 11.0 Å². The van der Waals surface area contributed by atoms with Crippen molar-refractivity contribution in [2.75, 3.05) is 36.5 Å². The summed E-state index contributed by atoms with van der Waals surface area (Å²) < 4.78 is 70.3. The summed E-state index contributed by atoms with van der Waals surface area (Å²) >= 11 is 0. The van der Waals surface area contributed by atoms with Gasteiger partial charge >= 0.3 is 6.18 Å². The van der Waals surface area contributed by atoms with Crippen LogP contribution in [0.5, 0.6) is 0 Å². The van der Waals surface area contributed by atoms with Crippen LogP contribution >= 0.6 is 0 Å². The zero-order valence-electron chi connectivity index (χ0n) is 25.6. The monoisotopic (exact) mass is 681 g/mol. The molecule has 3 aromatic heterocycles. The molecule has 1 aliphatic rings. The Bertz CT molecular complexity index is 2120. The number of benzene rings is 2. The molecule has 5 aromatic rings. The van der Waals surface area contributed by atoms with Crippen LogP contribution in [0.4, 0.5) is 30.5 Å². The van der Waals surface area contributed by atoms with Crippen LogP contribution in [-0.4, -0.2) is 76.7 Å². The lowest BCUT2D eigenvalue weighted by Crippen LogP contribution is -2.39. The Labute approximate surface area is 272 Å². The number of anilines is 3. The predicted octanol–water partition coefficient (Wildman–Crippen LogP) is 4.64. The quantitative estimate of drug-likeness (QED) is 0.198. The largest absolute Gasteiger partial charge is 0.432 e. The molecular formula is C32H30F3N7O5S. The van der Waals surface area contributed by atoms with E-state index in [4.69, 9.17) is 4.42 Å². The van der Waals surface area contributed by atoms with E-state index in [1.54, 1.807) is 18.2 Å². The van der Waals surface area contributed by atoms with Gasteiger partial charge < -0.3 is 20.0 Å². The van der Waals surface area contributed by atoms with E-state index in [1.807, 2.05) is 24.3 Å². The molecule has 0 amide bonds. The third kappa shape index (κ3) is 7.39. The average Bonchev–Trinajstić information content (AvgIpc) is 3.52. The van der Waals surface area contributed by atoms with Gasteiger partial charge in [-0.05, 0) is 56.8 Å². The van der Waals surface area contributed by atoms with Crippen molar-refractivity contribution in [3.63, 3.8) is 0 Å². The minimum Gasteiger partial charge on any atom is -0.432 e. The van der Waals surface area contributed by atoms with Gasteiger partial charge in [0.25, 0.3) is 5.56 Å². The number of oxazole rings is 1. The van der Waals surface area contributed by atoms with Crippen molar-refractivity contribution in [3.8, 4) is 0 Å². The van der Waals surface area contributed by atoms with Gasteiger partial charge in [0.15, 0.2) is 17.9 Å². The predicted molar refractivity (Wildman–Crippen MR) is 171 cm³/mol. The Morgan fingerprint density at radius 2 is 1.79 bits per heavy atom. The lowest BCUT2D eigenvalue weighted by molar-refractivity contribution is -0.106. The van der Waals surface area contributed by atoms with Crippen LogP contribution in [-0.2, 0) is 16.4 Å². The number of sulfone groups is 1. The summed E-state index contributed by atoms with van der Waals surface area (Å²) in [5, 5.41) is 5.79. The van der Waals surface area contributed by atoms with Gasteiger partial charge in [-0.3, -0.25) is 14.2 Å². The molecule has 0 aliphatic carbocycles. The molecule has 48 heavy (non-hydrogen) atoms. The zero-order valence-corrected chi connectivity index (χ0v) is 26.4. The number of nitrogens with zero attached hydrogens (tertiary/aromatic N) is 5. The fourth-order valence-electron chi connectivity index (χ4n) is 5.62. The van der Waals surface area contributed by atoms with Gasteiger partial charge in [-0.1, -0.05) is 30.3 Å². The standard InChI is InChI=1S/C32H30F3N7O5S/c1-41-13-5-8-24(16-41)38-22-9-11-23(12-10-22)39-31-36-15-21-14-25(27(43)20-6-3-2-4-7-20)29(44)42(28(21)40-31)17-26-30(47-19-37-26)48(45,46)18-32(33,34)35/h2-4,6-7,9-12,14-15,19,24,38H,5,8,13,16-18H2,1H3,(H,36,39,40). The Hall–Kier alpha value is -5.09. The summed E-state index contributed by atoms with van der Waals surface area (Å²) in [4.78, 5) is 42.2. The van der Waals surface area contributed by atoms with E-state index in [2.05, 4.69) is 37.5 Å². The highest BCUT2D eigenvalue weighted by molar-refractivity contribution is 7.91. The highest BCUT2D eigenvalue weighted by Gasteiger charge is 2.39. The molecule has 1 aliphatic heterocycles. The number of pyridine rings is 1. The summed E-state index contributed by atoms with van der Waals surface area (Å²) in [6.07, 6.45) is -0.815. The van der Waals surface area contributed by atoms with Crippen molar-refractivity contribution in [1.82, 2.24) is 24.4 Å². The van der Waals surface area contributed by atoms with Gasteiger partial charge in [-0.25, -0.2) is 18.4 Å². The first-order valence-corrected chi connectivity index (χ1v) is 16.6. The normalized spacial score (nSPS) is 15.8. The number of nitrogens with one attached hydrogen (secondary N) is 2. The molecule has 0 spiro atoms. The lowest BCUT2D eigenvalue weighted by Gasteiger charge is -2.30. The third-order valence-corrected chi connectivity index (χ3v) is 9.40. The van der Waals surface area contributed by atoms with Gasteiger partial charge in [-0.15, -0.1) is 0 Å². The van der Waals surface area contributed by atoms with Gasteiger partial charge in [0.2, 0.25) is 20.9 Å². The van der Waals surface area contributed by atoms with Crippen LogP contribution in [0, 0.1) is 0 Å². The molecule has 0 radical (unpaired) electrons. The molecule has 0 bridgehead atoms. The van der Waals surface area contributed by atoms with E-state index in [0.717, 1.165) is 36.2 Å². The third-order valence-electron chi connectivity index (χ3n) is 7.79. The molecule has 6 rings (SSSR count). The first kappa shape index (κ1) is 32.8. The van der Waals surface area contributed by atoms with Crippen molar-refractivity contribution < 1.29 is 30.8 Å². The van der Waals surface area contributed by atoms with E-state index in [9.17, 15) is 31.2 Å². The highest BCUT2D eigenvalue weighted by atomic mass is 32.2. The molecule has 1 atom stereocenters. The van der Waals surface area contributed by atoms with Crippen LogP contribution in [0.2, 0.25) is 0 Å². The maximum Gasteiger partial charge on any atom is 0.403 e. The number of aromatic nitrogens is 4. The van der Waals surface area contributed by atoms with Crippen molar-refractivity contribution in [1.29, 1.82) is 0 Å². The minimum absolute atomic E-state index is 0.0241. The molecule has 1 saturated heterocycles. The molecule has 2 aromatic carbocycles. The van der Waals surface area contributed by atoms with Crippen LogP contribution in [0.15, 0.2) is 87.6 Å². The number of ketones is 1. The summed E-state index contributed by atoms with van der Waals surface area (Å²) in [6.45, 7) is 1.35. The van der Waals surface area contributed by atoms with Crippen LogP contribution < -0.4 is 16.2 Å². The van der Waals surface area contributed by atoms with Crippen molar-refractivity contribution in [3.05, 3.63) is 100 Å². The Balaban J connectivity index is 1.36. The number of piperidine rings is 1. The second-order valence-electron chi connectivity index (χ2n) is 11.5. The zero-order chi connectivity index (χ0) is 34.1. The van der Waals surface area contributed by atoms with E-state index in [-0.39, 0.29) is 28.1 Å². The Morgan fingerprint density at radius 1 is 1.06 bits per heavy atom. The van der Waals surface area contributed by atoms with Crippen molar-refractivity contribution >= 4 is 44.0 Å². The molecule has 2 N–H and O–H groups in total. The lowest BCUT2D eigenvalue weighted by atomic mass is 10.0. The number of likely N-dealkylation sites (N-methyl/N-ethyl adjacent to an activating group) is 1. The number of hydrogen-bond donors (Lipinski definition) is 2. The first-order valence-electron chi connectivity index (χ1n) is 14.9. The fourth-order valence-corrected chi connectivity index (χ4v) is 6.85. The summed E-state index contributed by atoms with van der Waals surface area (Å²) in [5.74, 6) is -2.75.